The van der Waals surface area contributed by atoms with Crippen LogP contribution in [0.3, 0.4) is 0 Å². The predicted octanol–water partition coefficient (Wildman–Crippen LogP) is 3.72. The van der Waals surface area contributed by atoms with Gasteiger partial charge in [0.2, 0.25) is 0 Å². The standard InChI is InChI=1S/C26H30N4O4/c1-15(18-6-8-19(9-7-18)30(4)5)13-26(3)23(25(33)34)22(21(24(31)32)16(2)29-26)20-12-17(14-27)10-11-28-20/h6-12,15,22-23,29H,13H2,1-5H3,(H,31,32)(H,33,34). The number of aromatic nitrogens is 1. The fourth-order valence-electron chi connectivity index (χ4n) is 5.09. The van der Waals surface area contributed by atoms with Gasteiger partial charge in [-0.3, -0.25) is 9.78 Å². The molecule has 1 aliphatic rings. The molecule has 8 nitrogen and oxygen atoms in total. The molecular weight excluding hydrogens is 432 g/mol. The maximum absolute atomic E-state index is 12.7. The first-order chi connectivity index (χ1) is 16.0. The molecule has 0 fully saturated rings. The van der Waals surface area contributed by atoms with Crippen LogP contribution in [0, 0.1) is 17.2 Å². The molecule has 2 heterocycles. The lowest BCUT2D eigenvalue weighted by Crippen LogP contribution is -2.58. The summed E-state index contributed by atoms with van der Waals surface area (Å²) in [5.74, 6) is -4.47. The van der Waals surface area contributed by atoms with E-state index in [-0.39, 0.29) is 17.2 Å². The zero-order chi connectivity index (χ0) is 25.2. The van der Waals surface area contributed by atoms with Crippen molar-refractivity contribution in [1.82, 2.24) is 10.3 Å². The van der Waals surface area contributed by atoms with Crippen molar-refractivity contribution in [3.8, 4) is 6.07 Å². The van der Waals surface area contributed by atoms with Gasteiger partial charge in [-0.1, -0.05) is 19.1 Å². The van der Waals surface area contributed by atoms with Crippen LogP contribution in [0.25, 0.3) is 0 Å². The monoisotopic (exact) mass is 462 g/mol. The smallest absolute Gasteiger partial charge is 0.334 e. The van der Waals surface area contributed by atoms with Crippen LogP contribution in [0.2, 0.25) is 0 Å². The number of allylic oxidation sites excluding steroid dienone is 1. The van der Waals surface area contributed by atoms with Crippen molar-refractivity contribution in [1.29, 1.82) is 5.26 Å². The Morgan fingerprint density at radius 1 is 1.24 bits per heavy atom. The summed E-state index contributed by atoms with van der Waals surface area (Å²) >= 11 is 0. The molecule has 0 saturated carbocycles. The van der Waals surface area contributed by atoms with Gasteiger partial charge in [0.05, 0.1) is 34.7 Å². The molecule has 2 aromatic rings. The summed E-state index contributed by atoms with van der Waals surface area (Å²) in [5.41, 5.74) is 2.07. The van der Waals surface area contributed by atoms with Gasteiger partial charge in [0, 0.05) is 37.2 Å². The summed E-state index contributed by atoms with van der Waals surface area (Å²) in [6.07, 6.45) is 1.86. The fraction of sp³-hybridized carbons (Fsp3) is 0.385. The number of hydrogen-bond donors (Lipinski definition) is 3. The maximum Gasteiger partial charge on any atom is 0.334 e. The summed E-state index contributed by atoms with van der Waals surface area (Å²) < 4.78 is 0. The quantitative estimate of drug-likeness (QED) is 0.568. The van der Waals surface area contributed by atoms with Gasteiger partial charge in [0.15, 0.2) is 0 Å². The number of nitriles is 1. The number of aliphatic carboxylic acids is 2. The van der Waals surface area contributed by atoms with E-state index in [9.17, 15) is 25.1 Å². The van der Waals surface area contributed by atoms with Crippen LogP contribution >= 0.6 is 0 Å². The van der Waals surface area contributed by atoms with Crippen LogP contribution < -0.4 is 10.2 Å². The molecule has 34 heavy (non-hydrogen) atoms. The first-order valence-corrected chi connectivity index (χ1v) is 11.1. The summed E-state index contributed by atoms with van der Waals surface area (Å²) in [6.45, 7) is 5.50. The van der Waals surface area contributed by atoms with Crippen LogP contribution in [0.5, 0.6) is 0 Å². The van der Waals surface area contributed by atoms with Crippen molar-refractivity contribution in [2.24, 2.45) is 5.92 Å². The second kappa shape index (κ2) is 9.56. The van der Waals surface area contributed by atoms with E-state index >= 15 is 0 Å². The molecule has 1 aromatic carbocycles. The van der Waals surface area contributed by atoms with Crippen LogP contribution in [-0.4, -0.2) is 46.8 Å². The molecule has 1 aliphatic heterocycles. The fourth-order valence-corrected chi connectivity index (χ4v) is 5.09. The number of hydrogen-bond acceptors (Lipinski definition) is 6. The minimum absolute atomic E-state index is 0.00575. The highest BCUT2D eigenvalue weighted by molar-refractivity contribution is 5.92. The first-order valence-electron chi connectivity index (χ1n) is 11.1. The van der Waals surface area contributed by atoms with Crippen LogP contribution in [-0.2, 0) is 9.59 Å². The molecule has 0 radical (unpaired) electrons. The number of carboxylic acid groups (broad SMARTS) is 2. The van der Waals surface area contributed by atoms with E-state index in [1.165, 1.54) is 18.3 Å². The second-order valence-electron chi connectivity index (χ2n) is 9.35. The van der Waals surface area contributed by atoms with Crippen molar-refractivity contribution in [2.45, 2.75) is 44.6 Å². The van der Waals surface area contributed by atoms with E-state index in [4.69, 9.17) is 0 Å². The van der Waals surface area contributed by atoms with Crippen LogP contribution in [0.1, 0.15) is 55.8 Å². The average molecular weight is 463 g/mol. The minimum Gasteiger partial charge on any atom is -0.481 e. The molecule has 0 bridgehead atoms. The molecule has 4 unspecified atom stereocenters. The van der Waals surface area contributed by atoms with Gasteiger partial charge in [-0.05, 0) is 56.0 Å². The van der Waals surface area contributed by atoms with Crippen LogP contribution in [0.15, 0.2) is 53.9 Å². The first kappa shape index (κ1) is 24.8. The van der Waals surface area contributed by atoms with Crippen molar-refractivity contribution in [3.63, 3.8) is 0 Å². The Hall–Kier alpha value is -3.86. The highest BCUT2D eigenvalue weighted by atomic mass is 16.4. The zero-order valence-corrected chi connectivity index (χ0v) is 20.0. The van der Waals surface area contributed by atoms with E-state index in [0.717, 1.165) is 11.3 Å². The third-order valence-electron chi connectivity index (χ3n) is 6.64. The van der Waals surface area contributed by atoms with E-state index in [1.807, 2.05) is 63.2 Å². The number of rotatable bonds is 7. The molecule has 3 N–H and O–H groups in total. The Morgan fingerprint density at radius 3 is 2.41 bits per heavy atom. The average Bonchev–Trinajstić information content (AvgIpc) is 2.77. The SMILES string of the molecule is CC1=C(C(=O)O)C(c2cc(C#N)ccn2)C(C(=O)O)C(C)(CC(C)c2ccc(N(C)C)cc2)N1. The van der Waals surface area contributed by atoms with Gasteiger partial charge in [-0.25, -0.2) is 4.79 Å². The normalized spacial score (nSPS) is 22.9. The molecule has 0 spiro atoms. The third kappa shape index (κ3) is 4.74. The summed E-state index contributed by atoms with van der Waals surface area (Å²) in [4.78, 5) is 31.2. The largest absolute Gasteiger partial charge is 0.481 e. The molecule has 0 aliphatic carbocycles. The lowest BCUT2D eigenvalue weighted by molar-refractivity contribution is -0.146. The molecule has 0 saturated heterocycles. The Kier molecular flexibility index (Phi) is 6.96. The number of benzene rings is 1. The van der Waals surface area contributed by atoms with Crippen molar-refractivity contribution in [3.05, 3.63) is 70.7 Å². The zero-order valence-electron chi connectivity index (χ0n) is 20.0. The minimum atomic E-state index is -1.21. The molecule has 178 valence electrons. The van der Waals surface area contributed by atoms with Gasteiger partial charge < -0.3 is 20.4 Å². The highest BCUT2D eigenvalue weighted by Gasteiger charge is 2.52. The van der Waals surface area contributed by atoms with Gasteiger partial charge in [0.25, 0.3) is 0 Å². The Balaban J connectivity index is 2.08. The topological polar surface area (TPSA) is 127 Å². The maximum atomic E-state index is 12.7. The third-order valence-corrected chi connectivity index (χ3v) is 6.64. The number of pyridine rings is 1. The molecule has 8 heteroatoms. The van der Waals surface area contributed by atoms with Gasteiger partial charge in [0.1, 0.15) is 0 Å². The van der Waals surface area contributed by atoms with E-state index in [0.29, 0.717) is 17.7 Å². The molecule has 0 amide bonds. The summed E-state index contributed by atoms with van der Waals surface area (Å²) in [6, 6.07) is 13.1. The van der Waals surface area contributed by atoms with Crippen molar-refractivity contribution >= 4 is 17.6 Å². The van der Waals surface area contributed by atoms with Crippen molar-refractivity contribution in [2.75, 3.05) is 19.0 Å². The molecular formula is C26H30N4O4. The molecule has 3 rings (SSSR count). The van der Waals surface area contributed by atoms with Gasteiger partial charge in [-0.2, -0.15) is 5.26 Å². The van der Waals surface area contributed by atoms with E-state index in [1.54, 1.807) is 6.92 Å². The Labute approximate surface area is 199 Å². The lowest BCUT2D eigenvalue weighted by atomic mass is 9.65. The number of nitrogens with zero attached hydrogens (tertiary/aromatic N) is 3. The molecule has 4 atom stereocenters. The number of nitrogens with one attached hydrogen (secondary N) is 1. The number of anilines is 1. The Bertz CT molecular complexity index is 1170. The lowest BCUT2D eigenvalue weighted by Gasteiger charge is -2.46. The van der Waals surface area contributed by atoms with Gasteiger partial charge in [-0.15, -0.1) is 0 Å². The van der Waals surface area contributed by atoms with E-state index < -0.39 is 29.3 Å². The number of carbonyl (C=O) groups is 2. The van der Waals surface area contributed by atoms with Crippen LogP contribution in [0.4, 0.5) is 5.69 Å². The molecule has 1 aromatic heterocycles. The number of carboxylic acids is 2. The highest BCUT2D eigenvalue weighted by Crippen LogP contribution is 2.46. The van der Waals surface area contributed by atoms with E-state index in [2.05, 4.69) is 10.3 Å². The summed E-state index contributed by atoms with van der Waals surface area (Å²) in [7, 11) is 3.93. The summed E-state index contributed by atoms with van der Waals surface area (Å²) in [5, 5.41) is 32.9. The Morgan fingerprint density at radius 2 is 1.88 bits per heavy atom. The second-order valence-corrected chi connectivity index (χ2v) is 9.35. The predicted molar refractivity (Wildman–Crippen MR) is 128 cm³/mol. The van der Waals surface area contributed by atoms with Crippen molar-refractivity contribution < 1.29 is 19.8 Å². The van der Waals surface area contributed by atoms with Gasteiger partial charge >= 0.3 is 11.9 Å².